The Balaban J connectivity index is 3.37. The van der Waals surface area contributed by atoms with Gasteiger partial charge >= 0.3 is 0 Å². The summed E-state index contributed by atoms with van der Waals surface area (Å²) in [5, 5.41) is 27.2. The second-order valence-corrected chi connectivity index (χ2v) is 3.26. The van der Waals surface area contributed by atoms with Crippen molar-refractivity contribution >= 4 is 17.7 Å². The van der Waals surface area contributed by atoms with Crippen LogP contribution in [0.4, 0.5) is 0 Å². The number of aromatic hydroxyl groups is 1. The van der Waals surface area contributed by atoms with E-state index < -0.39 is 0 Å². The van der Waals surface area contributed by atoms with Gasteiger partial charge in [-0.1, -0.05) is 11.6 Å². The third kappa shape index (κ3) is 2.44. The molecule has 0 atom stereocenters. The van der Waals surface area contributed by atoms with E-state index in [2.05, 4.69) is 0 Å². The smallest absolute Gasteiger partial charge is 0.165 e. The highest BCUT2D eigenvalue weighted by atomic mass is 35.5. The summed E-state index contributed by atoms with van der Waals surface area (Å²) >= 11 is 5.78. The zero-order valence-electron chi connectivity index (χ0n) is 8.36. The quantitative estimate of drug-likeness (QED) is 0.798. The molecular weight excluding hydrogens is 228 g/mol. The Morgan fingerprint density at radius 1 is 1.44 bits per heavy atom. The van der Waals surface area contributed by atoms with Crippen LogP contribution in [0.1, 0.15) is 5.56 Å². The molecular formula is C11H7ClN2O2. The fourth-order valence-electron chi connectivity index (χ4n) is 1.11. The van der Waals surface area contributed by atoms with Crippen LogP contribution in [-0.2, 0) is 0 Å². The van der Waals surface area contributed by atoms with Crippen LogP contribution in [0.3, 0.4) is 0 Å². The number of halogens is 1. The lowest BCUT2D eigenvalue weighted by atomic mass is 10.1. The molecule has 0 aliphatic rings. The first-order valence-electron chi connectivity index (χ1n) is 4.20. The van der Waals surface area contributed by atoms with Crippen LogP contribution in [0.5, 0.6) is 11.5 Å². The topological polar surface area (TPSA) is 77.0 Å². The van der Waals surface area contributed by atoms with E-state index in [0.717, 1.165) is 0 Å². The maximum Gasteiger partial charge on any atom is 0.165 e. The molecule has 0 unspecified atom stereocenters. The summed E-state index contributed by atoms with van der Waals surface area (Å²) in [5.74, 6) is 0.0314. The van der Waals surface area contributed by atoms with E-state index >= 15 is 0 Å². The summed E-state index contributed by atoms with van der Waals surface area (Å²) < 4.78 is 4.89. The van der Waals surface area contributed by atoms with Crippen molar-refractivity contribution in [3.8, 4) is 23.6 Å². The number of hydrogen-bond donors (Lipinski definition) is 1. The number of hydrogen-bond acceptors (Lipinski definition) is 4. The van der Waals surface area contributed by atoms with Gasteiger partial charge in [0, 0.05) is 16.7 Å². The number of benzene rings is 1. The molecule has 0 spiro atoms. The number of methoxy groups -OCH3 is 1. The minimum absolute atomic E-state index is 0.125. The van der Waals surface area contributed by atoms with E-state index in [0.29, 0.717) is 5.02 Å². The lowest BCUT2D eigenvalue weighted by Gasteiger charge is -2.06. The summed E-state index contributed by atoms with van der Waals surface area (Å²) in [7, 11) is 1.38. The maximum atomic E-state index is 9.71. The number of nitriles is 2. The molecule has 0 heterocycles. The molecule has 0 amide bonds. The highest BCUT2D eigenvalue weighted by Crippen LogP contribution is 2.34. The predicted molar refractivity (Wildman–Crippen MR) is 58.9 cm³/mol. The molecule has 0 bridgehead atoms. The summed E-state index contributed by atoms with van der Waals surface area (Å²) in [5.41, 5.74) is 0.141. The highest BCUT2D eigenvalue weighted by molar-refractivity contribution is 6.31. The Bertz CT molecular complexity index is 508. The van der Waals surface area contributed by atoms with Crippen molar-refractivity contribution in [1.29, 1.82) is 10.5 Å². The van der Waals surface area contributed by atoms with E-state index in [1.165, 1.54) is 25.3 Å². The minimum Gasteiger partial charge on any atom is -0.504 e. The Kier molecular flexibility index (Phi) is 3.77. The van der Waals surface area contributed by atoms with Crippen molar-refractivity contribution in [3.05, 3.63) is 28.3 Å². The van der Waals surface area contributed by atoms with Crippen LogP contribution in [0.25, 0.3) is 6.08 Å². The lowest BCUT2D eigenvalue weighted by Crippen LogP contribution is -1.87. The van der Waals surface area contributed by atoms with E-state index in [4.69, 9.17) is 26.9 Å². The SMILES string of the molecule is COc1cc(Cl)cc(C=C(C#N)C#N)c1O. The Hall–Kier alpha value is -2.17. The number of phenols is 1. The second-order valence-electron chi connectivity index (χ2n) is 2.83. The molecule has 0 saturated heterocycles. The molecule has 80 valence electrons. The first-order chi connectivity index (χ1) is 7.62. The van der Waals surface area contributed by atoms with Gasteiger partial charge in [-0.3, -0.25) is 0 Å². The molecule has 5 heteroatoms. The number of nitrogens with zero attached hydrogens (tertiary/aromatic N) is 2. The van der Waals surface area contributed by atoms with Gasteiger partial charge in [0.25, 0.3) is 0 Å². The average molecular weight is 235 g/mol. The van der Waals surface area contributed by atoms with Crippen LogP contribution in [-0.4, -0.2) is 12.2 Å². The average Bonchev–Trinajstić information content (AvgIpc) is 2.29. The Morgan fingerprint density at radius 2 is 2.06 bits per heavy atom. The molecule has 1 N–H and O–H groups in total. The van der Waals surface area contributed by atoms with Crippen molar-refractivity contribution in [2.24, 2.45) is 0 Å². The third-order valence-corrected chi connectivity index (χ3v) is 2.05. The fourth-order valence-corrected chi connectivity index (χ4v) is 1.32. The summed E-state index contributed by atoms with van der Waals surface area (Å²) in [4.78, 5) is 0. The predicted octanol–water partition coefficient (Wildman–Crippen LogP) is 2.48. The Morgan fingerprint density at radius 3 is 2.56 bits per heavy atom. The second kappa shape index (κ2) is 5.06. The molecule has 4 nitrogen and oxygen atoms in total. The van der Waals surface area contributed by atoms with Gasteiger partial charge in [0.2, 0.25) is 0 Å². The zero-order chi connectivity index (χ0) is 12.1. The van der Waals surface area contributed by atoms with Crippen molar-refractivity contribution in [1.82, 2.24) is 0 Å². The minimum atomic E-state index is -0.157. The highest BCUT2D eigenvalue weighted by Gasteiger charge is 2.09. The largest absolute Gasteiger partial charge is 0.504 e. The van der Waals surface area contributed by atoms with Crippen LogP contribution >= 0.6 is 11.6 Å². The van der Waals surface area contributed by atoms with Crippen LogP contribution < -0.4 is 4.74 Å². The Labute approximate surface area is 97.6 Å². The van der Waals surface area contributed by atoms with E-state index in [-0.39, 0.29) is 22.6 Å². The van der Waals surface area contributed by atoms with Gasteiger partial charge in [-0.15, -0.1) is 0 Å². The third-order valence-electron chi connectivity index (χ3n) is 1.83. The summed E-state index contributed by atoms with van der Waals surface area (Å²) in [6.07, 6.45) is 1.24. The molecule has 1 aromatic rings. The van der Waals surface area contributed by atoms with Crippen molar-refractivity contribution in [2.75, 3.05) is 7.11 Å². The van der Waals surface area contributed by atoms with Gasteiger partial charge in [-0.25, -0.2) is 0 Å². The van der Waals surface area contributed by atoms with E-state index in [1.807, 2.05) is 0 Å². The van der Waals surface area contributed by atoms with E-state index in [9.17, 15) is 5.11 Å². The normalized spacial score (nSPS) is 8.75. The van der Waals surface area contributed by atoms with Crippen LogP contribution in [0.15, 0.2) is 17.7 Å². The zero-order valence-corrected chi connectivity index (χ0v) is 9.12. The maximum absolute atomic E-state index is 9.71. The molecule has 1 aromatic carbocycles. The first kappa shape index (κ1) is 11.9. The fraction of sp³-hybridized carbons (Fsp3) is 0.0909. The monoisotopic (exact) mass is 234 g/mol. The molecule has 0 aliphatic carbocycles. The molecule has 0 saturated carbocycles. The molecule has 1 rings (SSSR count). The standard InChI is InChI=1S/C11H7ClN2O2/c1-16-10-4-9(12)3-8(11(10)15)2-7(5-13)6-14/h2-4,15H,1H3. The van der Waals surface area contributed by atoms with Gasteiger partial charge < -0.3 is 9.84 Å². The lowest BCUT2D eigenvalue weighted by molar-refractivity contribution is 0.373. The van der Waals surface area contributed by atoms with Crippen molar-refractivity contribution < 1.29 is 9.84 Å². The van der Waals surface area contributed by atoms with Crippen LogP contribution in [0.2, 0.25) is 5.02 Å². The van der Waals surface area contributed by atoms with Gasteiger partial charge in [0.15, 0.2) is 11.5 Å². The van der Waals surface area contributed by atoms with Crippen molar-refractivity contribution in [3.63, 3.8) is 0 Å². The molecule has 16 heavy (non-hydrogen) atoms. The van der Waals surface area contributed by atoms with Gasteiger partial charge in [-0.05, 0) is 12.1 Å². The van der Waals surface area contributed by atoms with Crippen LogP contribution in [0, 0.1) is 22.7 Å². The van der Waals surface area contributed by atoms with Gasteiger partial charge in [-0.2, -0.15) is 10.5 Å². The molecule has 0 aliphatic heterocycles. The van der Waals surface area contributed by atoms with Gasteiger partial charge in [0.05, 0.1) is 7.11 Å². The number of allylic oxidation sites excluding steroid dienone is 1. The van der Waals surface area contributed by atoms with Crippen molar-refractivity contribution in [2.45, 2.75) is 0 Å². The molecule has 0 fully saturated rings. The summed E-state index contributed by atoms with van der Waals surface area (Å²) in [6, 6.07) is 6.25. The first-order valence-corrected chi connectivity index (χ1v) is 4.58. The molecule has 0 radical (unpaired) electrons. The van der Waals surface area contributed by atoms with Gasteiger partial charge in [0.1, 0.15) is 17.7 Å². The number of phenolic OH excluding ortho intramolecular Hbond substituents is 1. The molecule has 0 aromatic heterocycles. The number of rotatable bonds is 2. The summed E-state index contributed by atoms with van der Waals surface area (Å²) in [6.45, 7) is 0. The van der Waals surface area contributed by atoms with E-state index in [1.54, 1.807) is 12.1 Å². The number of ether oxygens (including phenoxy) is 1.